The number of carbonyl (C=O) groups excluding carboxylic acids is 2. The normalized spacial score (nSPS) is 13.9. The summed E-state index contributed by atoms with van der Waals surface area (Å²) in [7, 11) is -2.67. The largest absolute Gasteiger partial charge is 0.472 e. The predicted molar refractivity (Wildman–Crippen MR) is 224 cm³/mol. The zero-order valence-corrected chi connectivity index (χ0v) is 35.3. The summed E-state index contributed by atoms with van der Waals surface area (Å²) in [5, 5.41) is 2.81. The van der Waals surface area contributed by atoms with Crippen LogP contribution < -0.4 is 5.32 Å². The highest BCUT2D eigenvalue weighted by Gasteiger charge is 2.26. The van der Waals surface area contributed by atoms with Gasteiger partial charge in [0.05, 0.1) is 13.2 Å². The van der Waals surface area contributed by atoms with E-state index in [1.807, 2.05) is 0 Å². The van der Waals surface area contributed by atoms with Crippen LogP contribution in [-0.4, -0.2) is 56.3 Å². The van der Waals surface area contributed by atoms with Gasteiger partial charge in [0.2, 0.25) is 0 Å². The minimum absolute atomic E-state index is 0.0298. The van der Waals surface area contributed by atoms with Gasteiger partial charge in [0, 0.05) is 19.4 Å². The molecule has 0 aromatic carbocycles. The highest BCUT2D eigenvalue weighted by atomic mass is 31.2. The standard InChI is InChI=1S/C44H78NO8P/c1-4-6-8-10-12-14-16-18-20-21-23-24-26-28-30-32-34-36-43(46)50-40-42(41-52-54(48,49)51-39-38-45-3)53-44(47)37-35-33-31-29-27-25-22-19-17-15-13-11-9-7-5-2/h13,15,18-20,22-24,28,30,42,45H,4-12,14,16-17,21,25-27,29,31-41H2,1-3H3,(H,48,49)/b15-13-,20-18-,22-19-,24-23-,30-28-. The van der Waals surface area contributed by atoms with Crippen molar-refractivity contribution in [1.29, 1.82) is 0 Å². The molecule has 0 aliphatic carbocycles. The first kappa shape index (κ1) is 51.7. The van der Waals surface area contributed by atoms with E-state index in [1.54, 1.807) is 7.05 Å². The Bertz CT molecular complexity index is 1070. The van der Waals surface area contributed by atoms with Crippen molar-refractivity contribution in [3.05, 3.63) is 60.8 Å². The SMILES string of the molecule is CCCCC/C=C\C/C=C\CCCCCCCC(=O)OC(COC(=O)CCC/C=C\C/C=C\C/C=C\CCCCCCCC)COP(=O)(O)OCCNC. The topological polar surface area (TPSA) is 120 Å². The number of phosphoric ester groups is 1. The molecule has 0 spiro atoms. The van der Waals surface area contributed by atoms with Crippen molar-refractivity contribution in [2.24, 2.45) is 0 Å². The van der Waals surface area contributed by atoms with Gasteiger partial charge in [0.1, 0.15) is 6.61 Å². The Kier molecular flexibility index (Phi) is 38.7. The van der Waals surface area contributed by atoms with Gasteiger partial charge in [-0.05, 0) is 84.1 Å². The molecule has 0 saturated carbocycles. The highest BCUT2D eigenvalue weighted by Crippen LogP contribution is 2.43. The van der Waals surface area contributed by atoms with Gasteiger partial charge in [0.15, 0.2) is 6.10 Å². The van der Waals surface area contributed by atoms with E-state index in [0.29, 0.717) is 19.4 Å². The molecule has 0 heterocycles. The Hall–Kier alpha value is -2.29. The van der Waals surface area contributed by atoms with Crippen molar-refractivity contribution in [3.63, 3.8) is 0 Å². The van der Waals surface area contributed by atoms with Crippen LogP contribution in [0.15, 0.2) is 60.8 Å². The fourth-order valence-corrected chi connectivity index (χ4v) is 6.11. The Balaban J connectivity index is 4.36. The lowest BCUT2D eigenvalue weighted by Crippen LogP contribution is -2.29. The molecular weight excluding hydrogens is 701 g/mol. The maximum Gasteiger partial charge on any atom is 0.472 e. The number of rotatable bonds is 39. The molecule has 0 bridgehead atoms. The van der Waals surface area contributed by atoms with Crippen LogP contribution in [0.25, 0.3) is 0 Å². The fourth-order valence-electron chi connectivity index (χ4n) is 5.36. The Morgan fingerprint density at radius 3 is 1.57 bits per heavy atom. The van der Waals surface area contributed by atoms with Crippen LogP contribution in [-0.2, 0) is 32.7 Å². The summed E-state index contributed by atoms with van der Waals surface area (Å²) in [6.45, 7) is 4.10. The summed E-state index contributed by atoms with van der Waals surface area (Å²) >= 11 is 0. The number of esters is 2. The van der Waals surface area contributed by atoms with Gasteiger partial charge in [-0.25, -0.2) is 4.57 Å². The van der Waals surface area contributed by atoms with Crippen LogP contribution in [0.5, 0.6) is 0 Å². The van der Waals surface area contributed by atoms with Crippen molar-refractivity contribution in [2.45, 2.75) is 174 Å². The first-order valence-electron chi connectivity index (χ1n) is 21.2. The van der Waals surface area contributed by atoms with Gasteiger partial charge in [-0.1, -0.05) is 139 Å². The number of phosphoric acid groups is 1. The molecular formula is C44H78NO8P. The molecule has 54 heavy (non-hydrogen) atoms. The lowest BCUT2D eigenvalue weighted by atomic mass is 10.1. The highest BCUT2D eigenvalue weighted by molar-refractivity contribution is 7.47. The molecule has 9 nitrogen and oxygen atoms in total. The molecule has 0 saturated heterocycles. The number of hydrogen-bond donors (Lipinski definition) is 2. The summed E-state index contributed by atoms with van der Waals surface area (Å²) < 4.78 is 33.1. The van der Waals surface area contributed by atoms with Crippen LogP contribution in [0.2, 0.25) is 0 Å². The number of likely N-dealkylation sites (N-methyl/N-ethyl adjacent to an activating group) is 1. The van der Waals surface area contributed by atoms with E-state index in [2.05, 4.69) is 79.9 Å². The Morgan fingerprint density at radius 2 is 1.02 bits per heavy atom. The van der Waals surface area contributed by atoms with E-state index < -0.39 is 32.5 Å². The van der Waals surface area contributed by atoms with Crippen molar-refractivity contribution in [2.75, 3.05) is 33.4 Å². The number of ether oxygens (including phenoxy) is 2. The zero-order valence-electron chi connectivity index (χ0n) is 34.4. The molecule has 312 valence electrons. The third-order valence-electron chi connectivity index (χ3n) is 8.61. The second kappa shape index (κ2) is 40.4. The maximum atomic E-state index is 12.6. The molecule has 0 fully saturated rings. The van der Waals surface area contributed by atoms with Crippen LogP contribution in [0.4, 0.5) is 0 Å². The predicted octanol–water partition coefficient (Wildman–Crippen LogP) is 12.0. The summed E-state index contributed by atoms with van der Waals surface area (Å²) in [4.78, 5) is 35.0. The average molecular weight is 780 g/mol. The first-order valence-corrected chi connectivity index (χ1v) is 22.7. The van der Waals surface area contributed by atoms with Crippen molar-refractivity contribution in [1.82, 2.24) is 5.32 Å². The molecule has 0 amide bonds. The minimum Gasteiger partial charge on any atom is -0.462 e. The molecule has 2 unspecified atom stereocenters. The van der Waals surface area contributed by atoms with Crippen LogP contribution in [0.1, 0.15) is 168 Å². The summed E-state index contributed by atoms with van der Waals surface area (Å²) in [5.74, 6) is -0.888. The van der Waals surface area contributed by atoms with E-state index in [1.165, 1.54) is 64.2 Å². The van der Waals surface area contributed by atoms with E-state index in [-0.39, 0.29) is 26.1 Å². The smallest absolute Gasteiger partial charge is 0.462 e. The monoisotopic (exact) mass is 780 g/mol. The molecule has 10 heteroatoms. The number of unbranched alkanes of at least 4 members (excludes halogenated alkanes) is 15. The zero-order chi connectivity index (χ0) is 39.6. The summed E-state index contributed by atoms with van der Waals surface area (Å²) in [6, 6.07) is 0. The molecule has 0 aliphatic rings. The van der Waals surface area contributed by atoms with Gasteiger partial charge in [-0.2, -0.15) is 0 Å². The third-order valence-corrected chi connectivity index (χ3v) is 9.59. The summed E-state index contributed by atoms with van der Waals surface area (Å²) in [5.41, 5.74) is 0. The second-order valence-corrected chi connectivity index (χ2v) is 15.3. The number of nitrogens with one attached hydrogen (secondary N) is 1. The lowest BCUT2D eigenvalue weighted by Gasteiger charge is -2.20. The maximum absolute atomic E-state index is 12.6. The number of hydrogen-bond acceptors (Lipinski definition) is 8. The van der Waals surface area contributed by atoms with Gasteiger partial charge in [-0.15, -0.1) is 0 Å². The van der Waals surface area contributed by atoms with Gasteiger partial charge in [0.25, 0.3) is 0 Å². The number of allylic oxidation sites excluding steroid dienone is 10. The second-order valence-electron chi connectivity index (χ2n) is 13.8. The number of carbonyl (C=O) groups is 2. The van der Waals surface area contributed by atoms with E-state index in [9.17, 15) is 19.0 Å². The molecule has 0 aromatic rings. The van der Waals surface area contributed by atoms with Gasteiger partial charge < -0.3 is 19.7 Å². The van der Waals surface area contributed by atoms with E-state index in [0.717, 1.165) is 64.2 Å². The molecule has 0 aromatic heterocycles. The van der Waals surface area contributed by atoms with Crippen LogP contribution in [0.3, 0.4) is 0 Å². The molecule has 0 radical (unpaired) electrons. The lowest BCUT2D eigenvalue weighted by molar-refractivity contribution is -0.161. The van der Waals surface area contributed by atoms with E-state index in [4.69, 9.17) is 18.5 Å². The fraction of sp³-hybridized carbons (Fsp3) is 0.727. The van der Waals surface area contributed by atoms with E-state index >= 15 is 0 Å². The van der Waals surface area contributed by atoms with Gasteiger partial charge >= 0.3 is 19.8 Å². The molecule has 2 atom stereocenters. The Morgan fingerprint density at radius 1 is 0.574 bits per heavy atom. The van der Waals surface area contributed by atoms with Crippen molar-refractivity contribution >= 4 is 19.8 Å². The third kappa shape index (κ3) is 39.4. The average Bonchev–Trinajstić information content (AvgIpc) is 3.15. The van der Waals surface area contributed by atoms with Crippen molar-refractivity contribution in [3.8, 4) is 0 Å². The van der Waals surface area contributed by atoms with Gasteiger partial charge in [-0.3, -0.25) is 18.6 Å². The molecule has 0 aliphatic heterocycles. The molecule has 2 N–H and O–H groups in total. The first-order chi connectivity index (χ1) is 26.3. The van der Waals surface area contributed by atoms with Crippen LogP contribution in [0, 0.1) is 0 Å². The summed E-state index contributed by atoms with van der Waals surface area (Å²) in [6.07, 6.45) is 45.5. The quantitative estimate of drug-likeness (QED) is 0.0272. The Labute approximate surface area is 330 Å². The molecule has 0 rings (SSSR count). The minimum atomic E-state index is -4.36. The van der Waals surface area contributed by atoms with Crippen LogP contribution >= 0.6 is 7.82 Å². The van der Waals surface area contributed by atoms with Crippen molar-refractivity contribution < 1.29 is 37.6 Å².